The second kappa shape index (κ2) is 16.7. The highest BCUT2D eigenvalue weighted by Gasteiger charge is 2.31. The zero-order chi connectivity index (χ0) is 32.1. The van der Waals surface area contributed by atoms with Crippen molar-refractivity contribution in [2.24, 2.45) is 22.2 Å². The van der Waals surface area contributed by atoms with Crippen molar-refractivity contribution >= 4 is 56.9 Å². The summed E-state index contributed by atoms with van der Waals surface area (Å²) in [7, 11) is 0. The van der Waals surface area contributed by atoms with Gasteiger partial charge in [-0.2, -0.15) is 0 Å². The minimum absolute atomic E-state index is 0.0340. The van der Waals surface area contributed by atoms with Gasteiger partial charge in [0.05, 0.1) is 16.3 Å². The topological polar surface area (TPSA) is 225 Å². The smallest absolute Gasteiger partial charge is 0.243 e. The molecule has 9 N–H and O–H groups in total. The quantitative estimate of drug-likeness (QED) is 0.0548. The highest BCUT2D eigenvalue weighted by Crippen LogP contribution is 2.23. The fraction of sp³-hybridized carbons (Fsp3) is 0.367. The molecule has 0 radical (unpaired) electrons. The van der Waals surface area contributed by atoms with E-state index in [1.54, 1.807) is 30.3 Å². The first-order valence-corrected chi connectivity index (χ1v) is 15.0. The van der Waals surface area contributed by atoms with Crippen molar-refractivity contribution in [2.45, 2.75) is 63.6 Å². The van der Waals surface area contributed by atoms with E-state index >= 15 is 0 Å². The lowest BCUT2D eigenvalue weighted by atomic mass is 10.0. The number of para-hydroxylation sites is 1. The number of carbonyl (C=O) groups is 5. The zero-order valence-electron chi connectivity index (χ0n) is 24.5. The third kappa shape index (κ3) is 10.8. The van der Waals surface area contributed by atoms with Gasteiger partial charge in [0.25, 0.3) is 0 Å². The number of aliphatic imine (C=N–C) groups is 1. The fourth-order valence-electron chi connectivity index (χ4n) is 4.47. The predicted molar refractivity (Wildman–Crippen MR) is 169 cm³/mol. The number of amides is 4. The van der Waals surface area contributed by atoms with Crippen molar-refractivity contribution in [1.82, 2.24) is 20.9 Å². The molecule has 0 aliphatic heterocycles. The summed E-state index contributed by atoms with van der Waals surface area (Å²) in [6.07, 6.45) is 1.28. The average molecular weight is 623 g/mol. The highest BCUT2D eigenvalue weighted by molar-refractivity contribution is 7.20. The van der Waals surface area contributed by atoms with E-state index in [0.29, 0.717) is 24.9 Å². The Morgan fingerprint density at radius 2 is 1.48 bits per heavy atom. The fourth-order valence-corrected chi connectivity index (χ4v) is 5.43. The Kier molecular flexibility index (Phi) is 12.8. The van der Waals surface area contributed by atoms with E-state index in [1.807, 2.05) is 24.3 Å². The number of carbonyl (C=O) groups excluding carboxylic acids is 5. The second-order valence-corrected chi connectivity index (χ2v) is 11.3. The number of unbranched alkanes of at least 4 members (excludes halogenated alkanes) is 1. The van der Waals surface area contributed by atoms with E-state index in [4.69, 9.17) is 17.2 Å². The van der Waals surface area contributed by atoms with Crippen LogP contribution < -0.4 is 33.2 Å². The van der Waals surface area contributed by atoms with E-state index in [2.05, 4.69) is 25.9 Å². The van der Waals surface area contributed by atoms with Crippen molar-refractivity contribution in [2.75, 3.05) is 6.54 Å². The van der Waals surface area contributed by atoms with Gasteiger partial charge in [0.15, 0.2) is 11.0 Å². The predicted octanol–water partition coefficient (Wildman–Crippen LogP) is 0.905. The second-order valence-electron chi connectivity index (χ2n) is 10.2. The van der Waals surface area contributed by atoms with Gasteiger partial charge in [-0.15, -0.1) is 11.3 Å². The molecule has 1 heterocycles. The molecule has 0 aliphatic rings. The molecule has 44 heavy (non-hydrogen) atoms. The number of thiazole rings is 1. The molecule has 1 aromatic heterocycles. The highest BCUT2D eigenvalue weighted by atomic mass is 32.1. The van der Waals surface area contributed by atoms with Gasteiger partial charge in [-0.3, -0.25) is 29.0 Å². The summed E-state index contributed by atoms with van der Waals surface area (Å²) in [5.41, 5.74) is 17.5. The third-order valence-corrected chi connectivity index (χ3v) is 7.67. The molecule has 3 rings (SSSR count). The van der Waals surface area contributed by atoms with Crippen LogP contribution in [-0.2, 0) is 25.6 Å². The number of guanidine groups is 1. The standard InChI is InChI=1S/C30H38N8O5S/c1-18(39)35-22(14-15-25(31)40)27(42)37-23(17-19-9-3-2-4-10-19)28(43)36-21(12-7-8-16-34-30(32)33)26(41)29-38-20-11-5-6-13-24(20)44-29/h2-6,9-11,13,21-23H,7-8,12,14-17H2,1H3,(H2,31,40)(H,35,39)(H,36,43)(H,37,42)(H4,32,33,34)/t21-,22-,23-/m0/s1. The van der Waals surface area contributed by atoms with E-state index < -0.39 is 41.8 Å². The van der Waals surface area contributed by atoms with Crippen molar-refractivity contribution in [3.63, 3.8) is 0 Å². The molecule has 4 amide bonds. The molecule has 3 aromatic rings. The van der Waals surface area contributed by atoms with Crippen LogP contribution in [0.3, 0.4) is 0 Å². The number of hydrogen-bond donors (Lipinski definition) is 6. The largest absolute Gasteiger partial charge is 0.370 e. The average Bonchev–Trinajstić information content (AvgIpc) is 3.42. The number of ketones is 1. The van der Waals surface area contributed by atoms with Gasteiger partial charge in [0.1, 0.15) is 12.1 Å². The van der Waals surface area contributed by atoms with Gasteiger partial charge < -0.3 is 33.2 Å². The molecule has 3 atom stereocenters. The zero-order valence-corrected chi connectivity index (χ0v) is 25.3. The molecule has 0 saturated heterocycles. The van der Waals surface area contributed by atoms with Crippen LogP contribution in [0.25, 0.3) is 10.2 Å². The summed E-state index contributed by atoms with van der Waals surface area (Å²) in [6, 6.07) is 13.2. The van der Waals surface area contributed by atoms with Gasteiger partial charge >= 0.3 is 0 Å². The Hall–Kier alpha value is -4.85. The summed E-state index contributed by atoms with van der Waals surface area (Å²) >= 11 is 1.23. The molecule has 0 unspecified atom stereocenters. The number of rotatable bonds is 17. The number of Topliss-reactive ketones (excluding diaryl/α,β-unsaturated/α-hetero) is 1. The molecule has 0 spiro atoms. The molecule has 0 saturated carbocycles. The normalized spacial score (nSPS) is 12.8. The molecule has 13 nitrogen and oxygen atoms in total. The van der Waals surface area contributed by atoms with Crippen LogP contribution in [0.2, 0.25) is 0 Å². The van der Waals surface area contributed by atoms with Crippen molar-refractivity contribution in [3.8, 4) is 0 Å². The van der Waals surface area contributed by atoms with Gasteiger partial charge in [-0.05, 0) is 43.4 Å². The van der Waals surface area contributed by atoms with E-state index in [0.717, 1.165) is 10.3 Å². The van der Waals surface area contributed by atoms with E-state index in [9.17, 15) is 24.0 Å². The van der Waals surface area contributed by atoms with Gasteiger partial charge in [-0.1, -0.05) is 42.5 Å². The molecule has 0 bridgehead atoms. The van der Waals surface area contributed by atoms with Gasteiger partial charge in [0, 0.05) is 26.3 Å². The minimum Gasteiger partial charge on any atom is -0.370 e. The van der Waals surface area contributed by atoms with E-state index in [-0.39, 0.29) is 42.4 Å². The Balaban J connectivity index is 1.85. The first kappa shape index (κ1) is 33.6. The van der Waals surface area contributed by atoms with Crippen LogP contribution in [-0.4, -0.2) is 65.0 Å². The lowest BCUT2D eigenvalue weighted by Gasteiger charge is -2.25. The summed E-state index contributed by atoms with van der Waals surface area (Å²) in [5, 5.41) is 8.29. The molecule has 0 aliphatic carbocycles. The Bertz CT molecular complexity index is 1460. The van der Waals surface area contributed by atoms with Gasteiger partial charge in [0.2, 0.25) is 29.4 Å². The van der Waals surface area contributed by atoms with Crippen molar-refractivity contribution in [3.05, 3.63) is 65.2 Å². The number of nitrogens with zero attached hydrogens (tertiary/aromatic N) is 2. The minimum atomic E-state index is -1.11. The van der Waals surface area contributed by atoms with Crippen molar-refractivity contribution in [1.29, 1.82) is 0 Å². The molecular formula is C30H38N8O5S. The number of hydrogen-bond acceptors (Lipinski definition) is 8. The van der Waals surface area contributed by atoms with Crippen LogP contribution in [0, 0.1) is 0 Å². The maximum Gasteiger partial charge on any atom is 0.243 e. The lowest BCUT2D eigenvalue weighted by Crippen LogP contribution is -2.56. The third-order valence-electron chi connectivity index (χ3n) is 6.62. The number of fused-ring (bicyclic) bond motifs is 1. The lowest BCUT2D eigenvalue weighted by molar-refractivity contribution is -0.132. The van der Waals surface area contributed by atoms with E-state index in [1.165, 1.54) is 18.3 Å². The number of benzene rings is 2. The number of primary amides is 1. The first-order chi connectivity index (χ1) is 21.0. The molecular weight excluding hydrogens is 584 g/mol. The van der Waals surface area contributed by atoms with Crippen LogP contribution in [0.15, 0.2) is 59.6 Å². The van der Waals surface area contributed by atoms with Crippen LogP contribution in [0.1, 0.15) is 54.4 Å². The monoisotopic (exact) mass is 622 g/mol. The Labute approximate surface area is 259 Å². The number of aromatic nitrogens is 1. The maximum absolute atomic E-state index is 13.8. The number of nitrogens with two attached hydrogens (primary N) is 3. The first-order valence-electron chi connectivity index (χ1n) is 14.2. The number of nitrogens with one attached hydrogen (secondary N) is 3. The summed E-state index contributed by atoms with van der Waals surface area (Å²) in [5.74, 6) is -2.77. The molecule has 14 heteroatoms. The van der Waals surface area contributed by atoms with Crippen LogP contribution in [0.4, 0.5) is 0 Å². The van der Waals surface area contributed by atoms with Crippen LogP contribution >= 0.6 is 11.3 Å². The van der Waals surface area contributed by atoms with Crippen LogP contribution in [0.5, 0.6) is 0 Å². The SMILES string of the molecule is CC(=O)N[C@@H](CCC(N)=O)C(=O)N[C@@H](Cc1ccccc1)C(=O)N[C@@H](CCCCN=C(N)N)C(=O)c1nc2ccccc2s1. The Morgan fingerprint density at radius 1 is 0.818 bits per heavy atom. The molecule has 0 fully saturated rings. The maximum atomic E-state index is 13.8. The molecule has 2 aromatic carbocycles. The Morgan fingerprint density at radius 3 is 2.14 bits per heavy atom. The molecule has 234 valence electrons. The summed E-state index contributed by atoms with van der Waals surface area (Å²) in [6.45, 7) is 1.60. The summed E-state index contributed by atoms with van der Waals surface area (Å²) < 4.78 is 0.836. The van der Waals surface area contributed by atoms with Crippen molar-refractivity contribution < 1.29 is 24.0 Å². The van der Waals surface area contributed by atoms with Gasteiger partial charge in [-0.25, -0.2) is 4.98 Å². The summed E-state index contributed by atoms with van der Waals surface area (Å²) in [4.78, 5) is 72.3.